The summed E-state index contributed by atoms with van der Waals surface area (Å²) in [5, 5.41) is 40.2. The van der Waals surface area contributed by atoms with Crippen LogP contribution in [0, 0.1) is 16.7 Å². The van der Waals surface area contributed by atoms with Crippen LogP contribution in [0.5, 0.6) is 0 Å². The number of nitrogens with zero attached hydrogens (tertiary/aromatic N) is 1. The van der Waals surface area contributed by atoms with Crippen molar-refractivity contribution in [2.24, 2.45) is 16.7 Å². The van der Waals surface area contributed by atoms with Crippen LogP contribution < -0.4 is 5.32 Å². The van der Waals surface area contributed by atoms with Crippen molar-refractivity contribution in [3.05, 3.63) is 113 Å². The van der Waals surface area contributed by atoms with Crippen LogP contribution in [-0.4, -0.2) is 110 Å². The number of amides is 1. The highest BCUT2D eigenvalue weighted by Gasteiger charge is 2.78. The summed E-state index contributed by atoms with van der Waals surface area (Å²) < 4.78 is 30.2. The number of carbonyl (C=O) groups excluding carboxylic acids is 6. The Morgan fingerprint density at radius 2 is 1.50 bits per heavy atom. The van der Waals surface area contributed by atoms with Gasteiger partial charge in [-0.2, -0.15) is 0 Å². The Bertz CT molecular complexity index is 2290. The van der Waals surface area contributed by atoms with Crippen molar-refractivity contribution in [1.29, 1.82) is 0 Å². The average molecular weight is 855 g/mol. The monoisotopic (exact) mass is 854 g/mol. The van der Waals surface area contributed by atoms with E-state index < -0.39 is 113 Å². The number of hydrogen-bond donors (Lipinski definition) is 4. The highest BCUT2D eigenvalue weighted by Crippen LogP contribution is 2.64. The number of benzene rings is 2. The molecule has 0 spiro atoms. The Morgan fingerprint density at radius 3 is 2.08 bits per heavy atom. The van der Waals surface area contributed by atoms with E-state index in [9.17, 15) is 39.3 Å². The zero-order valence-corrected chi connectivity index (χ0v) is 35.1. The fraction of sp³-hybridized carbons (Fsp3) is 0.457. The number of nitrogens with one attached hydrogen (secondary N) is 1. The van der Waals surface area contributed by atoms with E-state index in [0.29, 0.717) is 5.56 Å². The summed E-state index contributed by atoms with van der Waals surface area (Å²) in [7, 11) is 0. The van der Waals surface area contributed by atoms with Gasteiger partial charge in [0.25, 0.3) is 5.91 Å². The maximum atomic E-state index is 15.5. The molecule has 1 aliphatic heterocycles. The molecule has 2 saturated carbocycles. The lowest BCUT2D eigenvalue weighted by Crippen LogP contribution is -2.82. The first-order valence-electron chi connectivity index (χ1n) is 20.3. The summed E-state index contributed by atoms with van der Waals surface area (Å²) >= 11 is 0. The minimum absolute atomic E-state index is 0.00643. The standard InChI is InChI=1S/C46H50N2O14/c1-24-30(60-42(56)35(52)34(27-13-9-7-10-14-27)48-40(54)28-15-11-8-12-16-28)22-46(57)39(61-41(55)29-17-19-47-20-18-29)37-44(6,31(51)21-32-45(37,23-58-32)62-26(3)50)38(53)36(59-25(2)49)33(24)43(46,4)5/h7-20,30-32,34-37,39,51-52,57H,21-23H2,1-6H3,(H,48,54)/t30-,31-,32+,34-,35+,36+,37-,39-,44+,45-,46+/m0/s1. The Hall–Kier alpha value is -5.81. The number of aromatic nitrogens is 1. The van der Waals surface area contributed by atoms with Gasteiger partial charge < -0.3 is 44.3 Å². The van der Waals surface area contributed by atoms with E-state index in [1.54, 1.807) is 74.5 Å². The molecule has 4 N–H and O–H groups in total. The number of ether oxygens (including phenoxy) is 5. The minimum atomic E-state index is -2.41. The molecule has 3 aromatic rings. The fourth-order valence-corrected chi connectivity index (χ4v) is 10.1. The lowest BCUT2D eigenvalue weighted by atomic mass is 9.44. The van der Waals surface area contributed by atoms with E-state index in [1.165, 1.54) is 38.4 Å². The molecule has 2 aromatic carbocycles. The van der Waals surface area contributed by atoms with E-state index in [0.717, 1.165) is 13.8 Å². The first kappa shape index (κ1) is 44.3. The number of hydrogen-bond acceptors (Lipinski definition) is 15. The fourth-order valence-electron chi connectivity index (χ4n) is 10.1. The van der Waals surface area contributed by atoms with Crippen molar-refractivity contribution < 1.29 is 67.8 Å². The second kappa shape index (κ2) is 16.5. The molecule has 16 nitrogen and oxygen atoms in total. The van der Waals surface area contributed by atoms with Gasteiger partial charge in [-0.3, -0.25) is 24.2 Å². The summed E-state index contributed by atoms with van der Waals surface area (Å²) in [5.74, 6) is -6.93. The van der Waals surface area contributed by atoms with E-state index >= 15 is 4.79 Å². The Morgan fingerprint density at radius 1 is 0.871 bits per heavy atom. The summed E-state index contributed by atoms with van der Waals surface area (Å²) in [6.45, 7) is 7.92. The van der Waals surface area contributed by atoms with Gasteiger partial charge in [0, 0.05) is 50.1 Å². The summed E-state index contributed by atoms with van der Waals surface area (Å²) in [5.41, 5.74) is -7.16. The molecular formula is C46H50N2O14. The van der Waals surface area contributed by atoms with Crippen molar-refractivity contribution in [3.63, 3.8) is 0 Å². The first-order chi connectivity index (χ1) is 29.3. The predicted molar refractivity (Wildman–Crippen MR) is 215 cm³/mol. The third-order valence-electron chi connectivity index (χ3n) is 13.4. The molecule has 2 bridgehead atoms. The second-order valence-electron chi connectivity index (χ2n) is 17.2. The molecule has 16 heteroatoms. The summed E-state index contributed by atoms with van der Waals surface area (Å²) in [4.78, 5) is 87.4. The minimum Gasteiger partial charge on any atom is -0.456 e. The molecule has 2 heterocycles. The molecule has 11 atom stereocenters. The van der Waals surface area contributed by atoms with Gasteiger partial charge in [0.05, 0.1) is 35.6 Å². The number of carbonyl (C=O) groups is 6. The molecule has 0 unspecified atom stereocenters. The average Bonchev–Trinajstić information content (AvgIpc) is 3.24. The van der Waals surface area contributed by atoms with Crippen LogP contribution in [0.2, 0.25) is 0 Å². The molecule has 328 valence electrons. The predicted octanol–water partition coefficient (Wildman–Crippen LogP) is 3.13. The Kier molecular flexibility index (Phi) is 11.8. The first-order valence-corrected chi connectivity index (χ1v) is 20.3. The van der Waals surface area contributed by atoms with Crippen molar-refractivity contribution >= 4 is 35.6 Å². The van der Waals surface area contributed by atoms with E-state index in [1.807, 2.05) is 0 Å². The van der Waals surface area contributed by atoms with Gasteiger partial charge in [-0.1, -0.05) is 62.4 Å². The zero-order chi connectivity index (χ0) is 44.9. The highest BCUT2D eigenvalue weighted by molar-refractivity contribution is 5.96. The van der Waals surface area contributed by atoms with Crippen LogP contribution in [0.15, 0.2) is 96.3 Å². The number of pyridine rings is 1. The molecule has 3 aliphatic carbocycles. The van der Waals surface area contributed by atoms with Crippen molar-refractivity contribution in [2.45, 2.75) is 108 Å². The number of esters is 4. The van der Waals surface area contributed by atoms with Gasteiger partial charge >= 0.3 is 23.9 Å². The molecule has 1 amide bonds. The number of rotatable bonds is 10. The van der Waals surface area contributed by atoms with E-state index in [-0.39, 0.29) is 35.3 Å². The second-order valence-corrected chi connectivity index (χ2v) is 17.2. The Labute approximate surface area is 357 Å². The zero-order valence-electron chi connectivity index (χ0n) is 35.1. The smallest absolute Gasteiger partial charge is 0.338 e. The van der Waals surface area contributed by atoms with Crippen molar-refractivity contribution in [2.75, 3.05) is 6.61 Å². The largest absolute Gasteiger partial charge is 0.456 e. The Balaban J connectivity index is 1.39. The number of Topliss-reactive ketones (excluding diaryl/α,β-unsaturated/α-hetero) is 1. The van der Waals surface area contributed by atoms with Crippen molar-refractivity contribution in [3.8, 4) is 0 Å². The van der Waals surface area contributed by atoms with E-state index in [4.69, 9.17) is 23.7 Å². The van der Waals surface area contributed by atoms with Gasteiger partial charge in [-0.15, -0.1) is 0 Å². The molecule has 3 fully saturated rings. The normalized spacial score (nSPS) is 31.9. The van der Waals surface area contributed by atoms with E-state index in [2.05, 4.69) is 10.3 Å². The number of aliphatic hydroxyl groups excluding tert-OH is 2. The quantitative estimate of drug-likeness (QED) is 0.130. The third-order valence-corrected chi connectivity index (χ3v) is 13.4. The lowest BCUT2D eigenvalue weighted by Gasteiger charge is -2.67. The maximum Gasteiger partial charge on any atom is 0.338 e. The number of aliphatic hydroxyl groups is 3. The van der Waals surface area contributed by atoms with Gasteiger partial charge in [0.15, 0.2) is 23.6 Å². The van der Waals surface area contributed by atoms with Crippen LogP contribution in [-0.2, 0) is 42.9 Å². The van der Waals surface area contributed by atoms with Gasteiger partial charge in [0.2, 0.25) is 0 Å². The topological polar surface area (TPSA) is 234 Å². The van der Waals surface area contributed by atoms with Gasteiger partial charge in [-0.05, 0) is 54.8 Å². The maximum absolute atomic E-state index is 15.5. The molecule has 62 heavy (non-hydrogen) atoms. The SMILES string of the molecule is CC(=O)O[C@H]1C(=O)[C@@]2(C)[C@H]([C@H](OC(=O)c3ccncc3)[C@]3(O)C[C@H](OC(=O)[C@H](O)[C@@H](NC(=O)c4ccccc4)c4ccccc4)C(C)=C1C3(C)C)[C@]1(OC(C)=O)CO[C@@H]1C[C@@H]2O. The molecular weight excluding hydrogens is 805 g/mol. The van der Waals surface area contributed by atoms with Crippen LogP contribution >= 0.6 is 0 Å². The molecule has 7 rings (SSSR count). The molecule has 1 aromatic heterocycles. The van der Waals surface area contributed by atoms with Crippen LogP contribution in [0.25, 0.3) is 0 Å². The highest BCUT2D eigenvalue weighted by atomic mass is 16.6. The van der Waals surface area contributed by atoms with Gasteiger partial charge in [-0.25, -0.2) is 9.59 Å². The molecule has 0 radical (unpaired) electrons. The van der Waals surface area contributed by atoms with Crippen molar-refractivity contribution in [1.82, 2.24) is 10.3 Å². The third kappa shape index (κ3) is 7.27. The number of ketones is 1. The number of fused-ring (bicyclic) bond motifs is 5. The summed E-state index contributed by atoms with van der Waals surface area (Å²) in [6, 6.07) is 17.8. The molecule has 1 saturated heterocycles. The lowest BCUT2D eigenvalue weighted by molar-refractivity contribution is -0.346. The molecule has 4 aliphatic rings. The van der Waals surface area contributed by atoms with Crippen LogP contribution in [0.1, 0.15) is 86.7 Å². The van der Waals surface area contributed by atoms with Crippen LogP contribution in [0.3, 0.4) is 0 Å². The van der Waals surface area contributed by atoms with Gasteiger partial charge in [0.1, 0.15) is 23.9 Å². The summed E-state index contributed by atoms with van der Waals surface area (Å²) in [6.07, 6.45) is -7.90. The van der Waals surface area contributed by atoms with Crippen LogP contribution in [0.4, 0.5) is 0 Å².